The van der Waals surface area contributed by atoms with Crippen LogP contribution in [0.4, 0.5) is 4.39 Å². The van der Waals surface area contributed by atoms with Crippen LogP contribution in [0, 0.1) is 25.6 Å². The Balaban J connectivity index is 1.42. The smallest absolute Gasteiger partial charge is 0.310 e. The fraction of sp³-hybridized carbons (Fsp3) is 0.250. The monoisotopic (exact) mass is 470 g/mol. The zero-order chi connectivity index (χ0) is 23.9. The van der Waals surface area contributed by atoms with Gasteiger partial charge in [0.25, 0.3) is 0 Å². The lowest BCUT2D eigenvalue weighted by Crippen LogP contribution is -2.16. The predicted octanol–water partition coefficient (Wildman–Crippen LogP) is 3.41. The number of hydrogen-bond acceptors (Lipinski definition) is 5. The Morgan fingerprint density at radius 3 is 2.33 bits per heavy atom. The van der Waals surface area contributed by atoms with Crippen LogP contribution in [0.25, 0.3) is 5.69 Å². The lowest BCUT2D eigenvalue weighted by molar-refractivity contribution is -0.144. The third-order valence-corrected chi connectivity index (χ3v) is 6.82. The van der Waals surface area contributed by atoms with Gasteiger partial charge >= 0.3 is 5.97 Å². The van der Waals surface area contributed by atoms with Crippen LogP contribution in [0.15, 0.2) is 59.5 Å². The van der Waals surface area contributed by atoms with Gasteiger partial charge in [0.15, 0.2) is 6.61 Å². The first-order chi connectivity index (χ1) is 15.6. The summed E-state index contributed by atoms with van der Waals surface area (Å²) < 4.78 is 43.1. The fourth-order valence-electron chi connectivity index (χ4n) is 4.08. The standard InChI is InChI=1S/C24H23FN2O5S/c1-14-11-20(15(2)27(14)18-7-9-19(10-8-18)33(26,30)31)23(28)13-32-24(29)22-12-21(22)16-3-5-17(25)6-4-16/h3-11,21-22H,12-13H2,1-2H3,(H2,26,30,31)/t21-,22+/m1/s1. The van der Waals surface area contributed by atoms with E-state index in [1.165, 1.54) is 24.3 Å². The van der Waals surface area contributed by atoms with Crippen LogP contribution in [0.2, 0.25) is 0 Å². The molecule has 0 spiro atoms. The summed E-state index contributed by atoms with van der Waals surface area (Å²) in [5.74, 6) is -1.44. The number of aromatic nitrogens is 1. The molecule has 0 amide bonds. The van der Waals surface area contributed by atoms with Gasteiger partial charge in [-0.3, -0.25) is 9.59 Å². The summed E-state index contributed by atoms with van der Waals surface area (Å²) in [5.41, 5.74) is 3.38. The highest BCUT2D eigenvalue weighted by Gasteiger charge is 2.45. The van der Waals surface area contributed by atoms with Gasteiger partial charge in [0.05, 0.1) is 10.8 Å². The lowest BCUT2D eigenvalue weighted by Gasteiger charge is -2.10. The third-order valence-electron chi connectivity index (χ3n) is 5.89. The van der Waals surface area contributed by atoms with Gasteiger partial charge in [0.2, 0.25) is 15.8 Å². The molecule has 0 unspecified atom stereocenters. The quantitative estimate of drug-likeness (QED) is 0.421. The second-order valence-electron chi connectivity index (χ2n) is 8.19. The number of aryl methyl sites for hydroxylation is 1. The maximum atomic E-state index is 13.1. The van der Waals surface area contributed by atoms with Crippen molar-refractivity contribution in [1.82, 2.24) is 4.57 Å². The number of carbonyl (C=O) groups excluding carboxylic acids is 2. The summed E-state index contributed by atoms with van der Waals surface area (Å²) in [6.07, 6.45) is 0.613. The summed E-state index contributed by atoms with van der Waals surface area (Å²) in [4.78, 5) is 25.1. The predicted molar refractivity (Wildman–Crippen MR) is 119 cm³/mol. The van der Waals surface area contributed by atoms with E-state index >= 15 is 0 Å². The van der Waals surface area contributed by atoms with Crippen molar-refractivity contribution in [3.63, 3.8) is 0 Å². The van der Waals surface area contributed by atoms with Gasteiger partial charge in [-0.15, -0.1) is 0 Å². The molecule has 0 aliphatic heterocycles. The van der Waals surface area contributed by atoms with Crippen molar-refractivity contribution in [2.75, 3.05) is 6.61 Å². The van der Waals surface area contributed by atoms with E-state index in [1.54, 1.807) is 37.3 Å². The second kappa shape index (κ2) is 8.57. The van der Waals surface area contributed by atoms with E-state index in [9.17, 15) is 22.4 Å². The van der Waals surface area contributed by atoms with E-state index in [-0.39, 0.29) is 34.9 Å². The molecule has 2 N–H and O–H groups in total. The molecule has 4 rings (SSSR count). The lowest BCUT2D eigenvalue weighted by atomic mass is 10.1. The molecule has 1 heterocycles. The normalized spacial score (nSPS) is 17.6. The summed E-state index contributed by atoms with van der Waals surface area (Å²) in [6.45, 7) is 3.21. The topological polar surface area (TPSA) is 108 Å². The fourth-order valence-corrected chi connectivity index (χ4v) is 4.60. The van der Waals surface area contributed by atoms with Gasteiger partial charge in [-0.05, 0) is 74.2 Å². The Kier molecular flexibility index (Phi) is 5.94. The number of hydrogen-bond donors (Lipinski definition) is 1. The van der Waals surface area contributed by atoms with Gasteiger partial charge in [-0.2, -0.15) is 0 Å². The van der Waals surface area contributed by atoms with Gasteiger partial charge in [-0.1, -0.05) is 12.1 Å². The molecule has 1 saturated carbocycles. The van der Waals surface area contributed by atoms with Crippen LogP contribution < -0.4 is 5.14 Å². The molecule has 0 saturated heterocycles. The van der Waals surface area contributed by atoms with Crippen LogP contribution in [0.5, 0.6) is 0 Å². The minimum absolute atomic E-state index is 0.00376. The number of nitrogens with zero attached hydrogens (tertiary/aromatic N) is 1. The van der Waals surface area contributed by atoms with Gasteiger partial charge in [0.1, 0.15) is 5.82 Å². The van der Waals surface area contributed by atoms with Gasteiger partial charge < -0.3 is 9.30 Å². The molecule has 1 fully saturated rings. The highest BCUT2D eigenvalue weighted by atomic mass is 32.2. The van der Waals surface area contributed by atoms with Crippen molar-refractivity contribution in [2.45, 2.75) is 31.1 Å². The molecule has 1 aliphatic rings. The third kappa shape index (κ3) is 4.74. The van der Waals surface area contributed by atoms with Crippen LogP contribution in [-0.4, -0.2) is 31.3 Å². The first kappa shape index (κ1) is 22.9. The summed E-state index contributed by atoms with van der Waals surface area (Å²) in [7, 11) is -3.80. The summed E-state index contributed by atoms with van der Waals surface area (Å²) in [6, 6.07) is 13.8. The zero-order valence-corrected chi connectivity index (χ0v) is 18.9. The minimum Gasteiger partial charge on any atom is -0.457 e. The average molecular weight is 471 g/mol. The van der Waals surface area contributed by atoms with Crippen molar-refractivity contribution < 1.29 is 27.1 Å². The molecule has 172 valence electrons. The number of rotatable bonds is 7. The van der Waals surface area contributed by atoms with E-state index in [0.29, 0.717) is 23.4 Å². The first-order valence-electron chi connectivity index (χ1n) is 10.3. The number of Topliss-reactive ketones (excluding diaryl/α,β-unsaturated/α-hetero) is 1. The Labute approximate surface area is 191 Å². The van der Waals surface area contributed by atoms with Crippen LogP contribution in [-0.2, 0) is 19.6 Å². The number of primary sulfonamides is 1. The molecule has 7 nitrogen and oxygen atoms in total. The van der Waals surface area contributed by atoms with Crippen molar-refractivity contribution in [2.24, 2.45) is 11.1 Å². The average Bonchev–Trinajstić information content (AvgIpc) is 3.51. The number of ether oxygens (including phenoxy) is 1. The molecule has 2 aromatic carbocycles. The number of ketones is 1. The van der Waals surface area contributed by atoms with Crippen molar-refractivity contribution in [3.05, 3.63) is 82.9 Å². The minimum atomic E-state index is -3.80. The Hall–Kier alpha value is -3.30. The molecule has 1 aliphatic carbocycles. The Bertz CT molecular complexity index is 1330. The second-order valence-corrected chi connectivity index (χ2v) is 9.75. The van der Waals surface area contributed by atoms with Crippen molar-refractivity contribution in [1.29, 1.82) is 0 Å². The van der Waals surface area contributed by atoms with E-state index in [4.69, 9.17) is 9.88 Å². The number of carbonyl (C=O) groups is 2. The maximum absolute atomic E-state index is 13.1. The van der Waals surface area contributed by atoms with Crippen molar-refractivity contribution in [3.8, 4) is 5.69 Å². The molecular formula is C24H23FN2O5S. The van der Waals surface area contributed by atoms with E-state index in [1.807, 2.05) is 11.5 Å². The number of halogens is 1. The summed E-state index contributed by atoms with van der Waals surface area (Å²) in [5, 5.41) is 5.14. The molecule has 9 heteroatoms. The Morgan fingerprint density at radius 1 is 1.09 bits per heavy atom. The van der Waals surface area contributed by atoms with E-state index in [2.05, 4.69) is 0 Å². The zero-order valence-electron chi connectivity index (χ0n) is 18.1. The highest BCUT2D eigenvalue weighted by molar-refractivity contribution is 7.89. The van der Waals surface area contributed by atoms with Gasteiger partial charge in [0, 0.05) is 22.6 Å². The van der Waals surface area contributed by atoms with Crippen LogP contribution in [0.1, 0.15) is 39.6 Å². The Morgan fingerprint density at radius 2 is 1.73 bits per heavy atom. The number of sulfonamides is 1. The molecule has 0 bridgehead atoms. The highest BCUT2D eigenvalue weighted by Crippen LogP contribution is 2.48. The molecule has 1 aromatic heterocycles. The molecule has 33 heavy (non-hydrogen) atoms. The number of benzene rings is 2. The van der Waals surface area contributed by atoms with E-state index < -0.39 is 16.0 Å². The summed E-state index contributed by atoms with van der Waals surface area (Å²) >= 11 is 0. The number of esters is 1. The first-order valence-corrected chi connectivity index (χ1v) is 11.9. The molecule has 2 atom stereocenters. The van der Waals surface area contributed by atoms with Crippen molar-refractivity contribution >= 4 is 21.8 Å². The van der Waals surface area contributed by atoms with Gasteiger partial charge in [-0.25, -0.2) is 17.9 Å². The number of nitrogens with two attached hydrogens (primary N) is 1. The molecule has 3 aromatic rings. The largest absolute Gasteiger partial charge is 0.457 e. The maximum Gasteiger partial charge on any atom is 0.310 e. The SMILES string of the molecule is Cc1cc(C(=O)COC(=O)[C@H]2C[C@@H]2c2ccc(F)cc2)c(C)n1-c1ccc(S(N)(=O)=O)cc1. The van der Waals surface area contributed by atoms with E-state index in [0.717, 1.165) is 11.3 Å². The van der Waals surface area contributed by atoms with Crippen LogP contribution in [0.3, 0.4) is 0 Å². The van der Waals surface area contributed by atoms with Crippen LogP contribution >= 0.6 is 0 Å². The molecular weight excluding hydrogens is 447 g/mol. The molecule has 0 radical (unpaired) electrons.